The first-order chi connectivity index (χ1) is 13.9. The van der Waals surface area contributed by atoms with Crippen LogP contribution >= 0.6 is 11.3 Å². The Hall–Kier alpha value is -2.20. The molecule has 1 aromatic heterocycles. The molecule has 0 radical (unpaired) electrons. The van der Waals surface area contributed by atoms with Gasteiger partial charge in [-0.3, -0.25) is 4.79 Å². The molecule has 1 aliphatic heterocycles. The molecule has 1 aromatic carbocycles. The van der Waals surface area contributed by atoms with Crippen molar-refractivity contribution in [3.63, 3.8) is 0 Å². The number of benzene rings is 1. The second kappa shape index (κ2) is 9.53. The first-order valence-corrected chi connectivity index (χ1v) is 11.6. The first kappa shape index (κ1) is 21.5. The Bertz CT molecular complexity index is 963. The Morgan fingerprint density at radius 3 is 2.69 bits per heavy atom. The highest BCUT2D eigenvalue weighted by Crippen LogP contribution is 2.30. The summed E-state index contributed by atoms with van der Waals surface area (Å²) < 4.78 is 38.3. The number of anilines is 1. The van der Waals surface area contributed by atoms with E-state index in [-0.39, 0.29) is 16.9 Å². The van der Waals surface area contributed by atoms with Crippen LogP contribution in [0.4, 0.5) is 5.69 Å². The molecule has 2 aromatic rings. The molecular weight excluding hydrogens is 412 g/mol. The smallest absolute Gasteiger partial charge is 0.248 e. The van der Waals surface area contributed by atoms with Crippen LogP contribution in [0.15, 0.2) is 46.7 Å². The van der Waals surface area contributed by atoms with Crippen LogP contribution in [0.2, 0.25) is 0 Å². The molecule has 1 saturated heterocycles. The molecule has 0 bridgehead atoms. The van der Waals surface area contributed by atoms with Crippen LogP contribution in [-0.2, 0) is 19.6 Å². The molecule has 1 amide bonds. The Morgan fingerprint density at radius 1 is 1.28 bits per heavy atom. The molecule has 156 valence electrons. The van der Waals surface area contributed by atoms with E-state index in [1.165, 1.54) is 33.9 Å². The van der Waals surface area contributed by atoms with E-state index >= 15 is 0 Å². The Morgan fingerprint density at radius 2 is 2.03 bits per heavy atom. The van der Waals surface area contributed by atoms with E-state index in [2.05, 4.69) is 5.32 Å². The Balaban J connectivity index is 1.86. The molecule has 2 heterocycles. The fourth-order valence-corrected chi connectivity index (χ4v) is 4.83. The number of hydrogen-bond donors (Lipinski definition) is 1. The van der Waals surface area contributed by atoms with Gasteiger partial charge in [-0.25, -0.2) is 8.42 Å². The third-order valence-corrected chi connectivity index (χ3v) is 6.85. The van der Waals surface area contributed by atoms with Crippen molar-refractivity contribution in [3.8, 4) is 5.75 Å². The number of rotatable bonds is 7. The van der Waals surface area contributed by atoms with E-state index < -0.39 is 10.0 Å². The highest BCUT2D eigenvalue weighted by atomic mass is 32.2. The summed E-state index contributed by atoms with van der Waals surface area (Å²) in [5.41, 5.74) is 0.314. The van der Waals surface area contributed by atoms with Crippen molar-refractivity contribution in [2.75, 3.05) is 31.6 Å². The van der Waals surface area contributed by atoms with Crippen LogP contribution in [0.25, 0.3) is 6.08 Å². The monoisotopic (exact) mass is 436 g/mol. The number of thiophene rings is 1. The van der Waals surface area contributed by atoms with Crippen molar-refractivity contribution in [2.45, 2.75) is 24.8 Å². The van der Waals surface area contributed by atoms with Gasteiger partial charge in [0.05, 0.1) is 29.9 Å². The number of sulfonamides is 1. The summed E-state index contributed by atoms with van der Waals surface area (Å²) in [7, 11) is -3.68. The van der Waals surface area contributed by atoms with Gasteiger partial charge in [-0.2, -0.15) is 4.31 Å². The lowest BCUT2D eigenvalue weighted by molar-refractivity contribution is -0.111. The molecule has 0 atom stereocenters. The average Bonchev–Trinajstić information content (AvgIpc) is 3.21. The maximum Gasteiger partial charge on any atom is 0.248 e. The van der Waals surface area contributed by atoms with Gasteiger partial charge in [0.1, 0.15) is 5.75 Å². The normalized spacial score (nSPS) is 15.7. The van der Waals surface area contributed by atoms with Crippen molar-refractivity contribution < 1.29 is 22.7 Å². The van der Waals surface area contributed by atoms with E-state index in [1.807, 2.05) is 31.4 Å². The van der Waals surface area contributed by atoms with Gasteiger partial charge in [-0.05, 0) is 49.6 Å². The quantitative estimate of drug-likeness (QED) is 0.674. The van der Waals surface area contributed by atoms with E-state index in [1.54, 1.807) is 12.1 Å². The van der Waals surface area contributed by atoms with Gasteiger partial charge >= 0.3 is 0 Å². The van der Waals surface area contributed by atoms with E-state index in [9.17, 15) is 13.2 Å². The van der Waals surface area contributed by atoms with Crippen molar-refractivity contribution >= 4 is 39.0 Å². The summed E-state index contributed by atoms with van der Waals surface area (Å²) in [4.78, 5) is 13.4. The second-order valence-electron chi connectivity index (χ2n) is 6.68. The second-order valence-corrected chi connectivity index (χ2v) is 9.60. The van der Waals surface area contributed by atoms with Gasteiger partial charge < -0.3 is 14.8 Å². The fraction of sp³-hybridized carbons (Fsp3) is 0.350. The van der Waals surface area contributed by atoms with Crippen molar-refractivity contribution in [1.29, 1.82) is 0 Å². The number of hydrogen-bond acceptors (Lipinski definition) is 6. The molecule has 1 fully saturated rings. The van der Waals surface area contributed by atoms with Crippen LogP contribution in [0, 0.1) is 0 Å². The highest BCUT2D eigenvalue weighted by Gasteiger charge is 2.27. The topological polar surface area (TPSA) is 84.9 Å². The van der Waals surface area contributed by atoms with E-state index in [0.717, 1.165) is 4.88 Å². The van der Waals surface area contributed by atoms with Crippen LogP contribution in [0.3, 0.4) is 0 Å². The number of morpholine rings is 1. The summed E-state index contributed by atoms with van der Waals surface area (Å²) in [5, 5.41) is 4.66. The maximum absolute atomic E-state index is 12.9. The van der Waals surface area contributed by atoms with Crippen LogP contribution in [0.1, 0.15) is 18.7 Å². The van der Waals surface area contributed by atoms with Gasteiger partial charge in [0, 0.05) is 24.0 Å². The Kier molecular flexibility index (Phi) is 7.07. The molecule has 0 saturated carbocycles. The zero-order chi connectivity index (χ0) is 20.9. The molecule has 1 aliphatic rings. The minimum Gasteiger partial charge on any atom is -0.489 e. The molecule has 0 unspecified atom stereocenters. The lowest BCUT2D eigenvalue weighted by atomic mass is 10.2. The molecular formula is C20H24N2O5S2. The van der Waals surface area contributed by atoms with Gasteiger partial charge in [-0.15, -0.1) is 11.3 Å². The average molecular weight is 437 g/mol. The third-order valence-electron chi connectivity index (χ3n) is 4.12. The van der Waals surface area contributed by atoms with Crippen LogP contribution in [-0.4, -0.2) is 51.0 Å². The number of ether oxygens (including phenoxy) is 2. The molecule has 0 spiro atoms. The lowest BCUT2D eigenvalue weighted by Crippen LogP contribution is -2.40. The summed E-state index contributed by atoms with van der Waals surface area (Å²) >= 11 is 1.52. The lowest BCUT2D eigenvalue weighted by Gasteiger charge is -2.26. The fourth-order valence-electron chi connectivity index (χ4n) is 2.78. The molecule has 7 nitrogen and oxygen atoms in total. The summed E-state index contributed by atoms with van der Waals surface area (Å²) in [6.07, 6.45) is 2.99. The first-order valence-electron chi connectivity index (χ1n) is 9.27. The predicted octanol–water partition coefficient (Wildman–Crippen LogP) is 3.21. The van der Waals surface area contributed by atoms with Gasteiger partial charge in [0.25, 0.3) is 0 Å². The van der Waals surface area contributed by atoms with Gasteiger partial charge in [0.15, 0.2) is 0 Å². The minimum atomic E-state index is -3.68. The number of carbonyl (C=O) groups excluding carboxylic acids is 1. The summed E-state index contributed by atoms with van der Waals surface area (Å²) in [6, 6.07) is 8.32. The summed E-state index contributed by atoms with van der Waals surface area (Å²) in [6.45, 7) is 5.06. The largest absolute Gasteiger partial charge is 0.489 e. The van der Waals surface area contributed by atoms with Crippen molar-refractivity contribution in [3.05, 3.63) is 46.7 Å². The van der Waals surface area contributed by atoms with Gasteiger partial charge in [0.2, 0.25) is 15.9 Å². The Labute approximate surface area is 175 Å². The number of nitrogens with one attached hydrogen (secondary N) is 1. The molecule has 1 N–H and O–H groups in total. The highest BCUT2D eigenvalue weighted by molar-refractivity contribution is 7.89. The van der Waals surface area contributed by atoms with Crippen LogP contribution < -0.4 is 10.1 Å². The van der Waals surface area contributed by atoms with E-state index in [0.29, 0.717) is 37.7 Å². The summed E-state index contributed by atoms with van der Waals surface area (Å²) in [5.74, 6) is 0.0479. The minimum absolute atomic E-state index is 0.105. The standard InChI is InChI=1S/C20H24N2O5S2/c1-15(2)27-19-7-6-17(29(24,25)22-9-11-26-12-10-22)14-18(19)21-20(23)8-5-16-4-3-13-28-16/h3-8,13-15H,9-12H2,1-2H3,(H,21,23). The SMILES string of the molecule is CC(C)Oc1ccc(S(=O)(=O)N2CCOCC2)cc1NC(=O)C=Cc1cccs1. The maximum atomic E-state index is 12.9. The molecule has 3 rings (SSSR count). The van der Waals surface area contributed by atoms with E-state index in [4.69, 9.17) is 9.47 Å². The van der Waals surface area contributed by atoms with Crippen molar-refractivity contribution in [2.24, 2.45) is 0 Å². The number of amides is 1. The zero-order valence-corrected chi connectivity index (χ0v) is 18.0. The molecule has 0 aliphatic carbocycles. The van der Waals surface area contributed by atoms with Gasteiger partial charge in [-0.1, -0.05) is 6.07 Å². The molecule has 29 heavy (non-hydrogen) atoms. The third kappa shape index (κ3) is 5.66. The molecule has 9 heteroatoms. The van der Waals surface area contributed by atoms with Crippen molar-refractivity contribution in [1.82, 2.24) is 4.31 Å². The predicted molar refractivity (Wildman–Crippen MR) is 114 cm³/mol. The van der Waals surface area contributed by atoms with Crippen LogP contribution in [0.5, 0.6) is 5.75 Å². The zero-order valence-electron chi connectivity index (χ0n) is 16.3. The number of carbonyl (C=O) groups is 1. The number of nitrogens with zero attached hydrogens (tertiary/aromatic N) is 1.